The minimum atomic E-state index is -0.512. The molecule has 138 valence electrons. The molecule has 0 spiro atoms. The fraction of sp³-hybridized carbons (Fsp3) is 0.556. The SMILES string of the molecule is COC(=O)c1ccc(ON2CC[C@@H](OCC(=O)OC(C)(C)C)C2)cc1. The smallest absolute Gasteiger partial charge is 0.337 e. The maximum atomic E-state index is 11.7. The molecular formula is C18H25NO6. The van der Waals surface area contributed by atoms with Crippen LogP contribution in [0.5, 0.6) is 5.75 Å². The van der Waals surface area contributed by atoms with Gasteiger partial charge < -0.3 is 19.0 Å². The van der Waals surface area contributed by atoms with Crippen LogP contribution in [0, 0.1) is 0 Å². The Morgan fingerprint density at radius 1 is 1.20 bits per heavy atom. The predicted molar refractivity (Wildman–Crippen MR) is 90.2 cm³/mol. The monoisotopic (exact) mass is 351 g/mol. The summed E-state index contributed by atoms with van der Waals surface area (Å²) in [6.07, 6.45) is 0.685. The third kappa shape index (κ3) is 6.36. The predicted octanol–water partition coefficient (Wildman–Crippen LogP) is 2.20. The van der Waals surface area contributed by atoms with Gasteiger partial charge in [-0.25, -0.2) is 9.59 Å². The van der Waals surface area contributed by atoms with E-state index in [0.29, 0.717) is 24.4 Å². The normalized spacial score (nSPS) is 18.0. The van der Waals surface area contributed by atoms with E-state index < -0.39 is 5.60 Å². The number of esters is 2. The zero-order valence-corrected chi connectivity index (χ0v) is 15.1. The summed E-state index contributed by atoms with van der Waals surface area (Å²) >= 11 is 0. The van der Waals surface area contributed by atoms with E-state index in [4.69, 9.17) is 14.3 Å². The first-order valence-corrected chi connectivity index (χ1v) is 8.21. The highest BCUT2D eigenvalue weighted by Crippen LogP contribution is 2.19. The van der Waals surface area contributed by atoms with E-state index in [2.05, 4.69) is 4.74 Å². The summed E-state index contributed by atoms with van der Waals surface area (Å²) in [6.45, 7) is 6.65. The zero-order chi connectivity index (χ0) is 18.4. The van der Waals surface area contributed by atoms with Gasteiger partial charge in [-0.1, -0.05) is 0 Å². The highest BCUT2D eigenvalue weighted by atomic mass is 16.7. The van der Waals surface area contributed by atoms with Crippen molar-refractivity contribution in [2.45, 2.75) is 38.9 Å². The molecule has 1 aromatic carbocycles. The fourth-order valence-corrected chi connectivity index (χ4v) is 2.39. The largest absolute Gasteiger partial charge is 0.465 e. The molecule has 0 amide bonds. The number of hydrogen-bond donors (Lipinski definition) is 0. The second-order valence-electron chi connectivity index (χ2n) is 6.80. The van der Waals surface area contributed by atoms with Crippen LogP contribution in [0.3, 0.4) is 0 Å². The molecule has 0 bridgehead atoms. The van der Waals surface area contributed by atoms with Crippen LogP contribution in [0.15, 0.2) is 24.3 Å². The first-order chi connectivity index (χ1) is 11.8. The molecule has 1 heterocycles. The van der Waals surface area contributed by atoms with E-state index in [0.717, 1.165) is 6.42 Å². The summed E-state index contributed by atoms with van der Waals surface area (Å²) in [4.78, 5) is 28.8. The van der Waals surface area contributed by atoms with Crippen LogP contribution in [0.25, 0.3) is 0 Å². The standard InChI is InChI=1S/C18H25NO6/c1-18(2,3)24-16(20)12-23-15-9-10-19(11-15)25-14-7-5-13(6-8-14)17(21)22-4/h5-8,15H,9-12H2,1-4H3/t15-/m1/s1. The van der Waals surface area contributed by atoms with E-state index in [1.54, 1.807) is 29.3 Å². The minimum absolute atomic E-state index is 0.0659. The van der Waals surface area contributed by atoms with Crippen LogP contribution in [-0.2, 0) is 19.0 Å². The maximum Gasteiger partial charge on any atom is 0.337 e. The summed E-state index contributed by atoms with van der Waals surface area (Å²) in [6, 6.07) is 6.71. The Kier molecular flexibility index (Phi) is 6.39. The number of benzene rings is 1. The van der Waals surface area contributed by atoms with E-state index in [1.807, 2.05) is 20.8 Å². The molecule has 7 heteroatoms. The Bertz CT molecular complexity index is 593. The third-order valence-corrected chi connectivity index (χ3v) is 3.47. The molecule has 7 nitrogen and oxygen atoms in total. The lowest BCUT2D eigenvalue weighted by Gasteiger charge is -2.20. The second-order valence-corrected chi connectivity index (χ2v) is 6.80. The first-order valence-electron chi connectivity index (χ1n) is 8.21. The van der Waals surface area contributed by atoms with Gasteiger partial charge in [-0.3, -0.25) is 0 Å². The molecule has 0 unspecified atom stereocenters. The van der Waals surface area contributed by atoms with Crippen LogP contribution >= 0.6 is 0 Å². The fourth-order valence-electron chi connectivity index (χ4n) is 2.39. The lowest BCUT2D eigenvalue weighted by atomic mass is 10.2. The number of ether oxygens (including phenoxy) is 3. The summed E-state index contributed by atoms with van der Waals surface area (Å²) in [5.41, 5.74) is -0.0448. The van der Waals surface area contributed by atoms with Gasteiger partial charge in [-0.05, 0) is 51.5 Å². The molecule has 25 heavy (non-hydrogen) atoms. The van der Waals surface area contributed by atoms with E-state index in [1.165, 1.54) is 7.11 Å². The van der Waals surface area contributed by atoms with E-state index in [-0.39, 0.29) is 24.6 Å². The Balaban J connectivity index is 1.75. The molecule has 1 aliphatic rings. The highest BCUT2D eigenvalue weighted by molar-refractivity contribution is 5.89. The number of nitrogens with zero attached hydrogens (tertiary/aromatic N) is 1. The molecule has 0 N–H and O–H groups in total. The topological polar surface area (TPSA) is 74.3 Å². The quantitative estimate of drug-likeness (QED) is 0.727. The molecule has 1 aromatic rings. The van der Waals surface area contributed by atoms with Crippen LogP contribution in [0.4, 0.5) is 0 Å². The third-order valence-electron chi connectivity index (χ3n) is 3.47. The number of hydrogen-bond acceptors (Lipinski definition) is 7. The van der Waals surface area contributed by atoms with Gasteiger partial charge >= 0.3 is 11.9 Å². The van der Waals surface area contributed by atoms with Gasteiger partial charge in [0.05, 0.1) is 25.3 Å². The van der Waals surface area contributed by atoms with Crippen LogP contribution in [0.1, 0.15) is 37.6 Å². The van der Waals surface area contributed by atoms with Crippen molar-refractivity contribution in [2.24, 2.45) is 0 Å². The maximum absolute atomic E-state index is 11.7. The van der Waals surface area contributed by atoms with Crippen molar-refractivity contribution >= 4 is 11.9 Å². The average Bonchev–Trinajstić information content (AvgIpc) is 2.99. The van der Waals surface area contributed by atoms with Crippen LogP contribution < -0.4 is 4.84 Å². The van der Waals surface area contributed by atoms with Crippen molar-refractivity contribution in [3.05, 3.63) is 29.8 Å². The van der Waals surface area contributed by atoms with Crippen LogP contribution in [0.2, 0.25) is 0 Å². The molecule has 2 rings (SSSR count). The minimum Gasteiger partial charge on any atom is -0.465 e. The molecule has 1 atom stereocenters. The van der Waals surface area contributed by atoms with Gasteiger partial charge in [0.15, 0.2) is 0 Å². The summed E-state index contributed by atoms with van der Waals surface area (Å²) in [5, 5.41) is 1.77. The van der Waals surface area contributed by atoms with Crippen LogP contribution in [-0.4, -0.2) is 55.5 Å². The van der Waals surface area contributed by atoms with Gasteiger partial charge in [0.25, 0.3) is 0 Å². The van der Waals surface area contributed by atoms with Crippen molar-refractivity contribution in [3.8, 4) is 5.75 Å². The van der Waals surface area contributed by atoms with Gasteiger partial charge in [0.1, 0.15) is 18.0 Å². The van der Waals surface area contributed by atoms with Crippen molar-refractivity contribution < 1.29 is 28.6 Å². The summed E-state index contributed by atoms with van der Waals surface area (Å²) < 4.78 is 15.5. The van der Waals surface area contributed by atoms with Gasteiger partial charge in [0, 0.05) is 6.54 Å². The molecule has 1 fully saturated rings. The van der Waals surface area contributed by atoms with E-state index >= 15 is 0 Å². The number of carbonyl (C=O) groups excluding carboxylic acids is 2. The van der Waals surface area contributed by atoms with Crippen molar-refractivity contribution in [1.82, 2.24) is 5.06 Å². The summed E-state index contributed by atoms with van der Waals surface area (Å²) in [7, 11) is 1.34. The lowest BCUT2D eigenvalue weighted by Crippen LogP contribution is -2.30. The van der Waals surface area contributed by atoms with Crippen molar-refractivity contribution in [3.63, 3.8) is 0 Å². The molecule has 1 aliphatic heterocycles. The summed E-state index contributed by atoms with van der Waals surface area (Å²) in [5.74, 6) is -0.131. The van der Waals surface area contributed by atoms with Gasteiger partial charge in [-0.15, -0.1) is 5.06 Å². The first kappa shape index (κ1) is 19.2. The van der Waals surface area contributed by atoms with Crippen molar-refractivity contribution in [1.29, 1.82) is 0 Å². The van der Waals surface area contributed by atoms with E-state index in [9.17, 15) is 9.59 Å². The zero-order valence-electron chi connectivity index (χ0n) is 15.1. The molecule has 0 saturated carbocycles. The molecule has 0 radical (unpaired) electrons. The lowest BCUT2D eigenvalue weighted by molar-refractivity contribution is -0.162. The number of methoxy groups -OCH3 is 1. The Labute approximate surface area is 147 Å². The second kappa shape index (κ2) is 8.31. The van der Waals surface area contributed by atoms with Crippen molar-refractivity contribution in [2.75, 3.05) is 26.8 Å². The molecule has 0 aromatic heterocycles. The Morgan fingerprint density at radius 2 is 1.88 bits per heavy atom. The Hall–Kier alpha value is -2.12. The number of rotatable bonds is 6. The highest BCUT2D eigenvalue weighted by Gasteiger charge is 2.26. The molecule has 1 saturated heterocycles. The number of carbonyl (C=O) groups is 2. The average molecular weight is 351 g/mol. The van der Waals surface area contributed by atoms with Gasteiger partial charge in [-0.2, -0.15) is 0 Å². The molecule has 0 aliphatic carbocycles. The Morgan fingerprint density at radius 3 is 2.48 bits per heavy atom. The number of hydroxylamine groups is 2. The van der Waals surface area contributed by atoms with Gasteiger partial charge in [0.2, 0.25) is 0 Å². The molecular weight excluding hydrogens is 326 g/mol.